The molecule has 1 aliphatic rings. The molecular weight excluding hydrogens is 497 g/mol. The number of benzene rings is 1. The van der Waals surface area contributed by atoms with Gasteiger partial charge in [-0.3, -0.25) is 10.6 Å². The van der Waals surface area contributed by atoms with Gasteiger partial charge in [-0.05, 0) is 55.3 Å². The van der Waals surface area contributed by atoms with E-state index in [1.807, 2.05) is 6.08 Å². The molecule has 2 rings (SSSR count). The van der Waals surface area contributed by atoms with Gasteiger partial charge in [0.25, 0.3) is 0 Å². The predicted octanol–water partition coefficient (Wildman–Crippen LogP) is 6.62. The van der Waals surface area contributed by atoms with Crippen molar-refractivity contribution in [2.45, 2.75) is 54.6 Å². The van der Waals surface area contributed by atoms with Crippen LogP contribution in [0, 0.1) is 0 Å². The number of unbranched alkanes of at least 4 members (excludes halogenated alkanes) is 2. The highest BCUT2D eigenvalue weighted by Crippen LogP contribution is 2.46. The first kappa shape index (κ1) is 23.6. The van der Waals surface area contributed by atoms with Crippen LogP contribution in [0.2, 0.25) is 0 Å². The number of allylic oxidation sites excluding steroid dienone is 2. The summed E-state index contributed by atoms with van der Waals surface area (Å²) in [6.45, 7) is 5.83. The van der Waals surface area contributed by atoms with Crippen LogP contribution in [0.5, 0.6) is 0 Å². The second kappa shape index (κ2) is 9.92. The van der Waals surface area contributed by atoms with Gasteiger partial charge in [0.05, 0.1) is 5.56 Å². The van der Waals surface area contributed by atoms with Crippen molar-refractivity contribution in [1.29, 1.82) is 0 Å². The van der Waals surface area contributed by atoms with Gasteiger partial charge in [-0.25, -0.2) is 0 Å². The molecule has 28 heavy (non-hydrogen) atoms. The standard InChI is InChI=1S/C21H27Br2F3N2/c1-3-5-13-27-20(28-14-6-4-2)12-11-16(15-19(20,22)23)17-9-7-8-10-18(17)21(24,25)26/h7-12,15,27-28H,3-6,13-14H2,1-2H3. The fourth-order valence-corrected chi connectivity index (χ4v) is 4.49. The molecule has 0 saturated heterocycles. The lowest BCUT2D eigenvalue weighted by Gasteiger charge is -2.44. The van der Waals surface area contributed by atoms with E-state index in [1.165, 1.54) is 12.1 Å². The summed E-state index contributed by atoms with van der Waals surface area (Å²) in [7, 11) is 0. The maximum atomic E-state index is 13.5. The summed E-state index contributed by atoms with van der Waals surface area (Å²) in [6.07, 6.45) is 5.21. The van der Waals surface area contributed by atoms with E-state index in [9.17, 15) is 13.2 Å². The Morgan fingerprint density at radius 2 is 1.54 bits per heavy atom. The van der Waals surface area contributed by atoms with Crippen molar-refractivity contribution in [2.24, 2.45) is 0 Å². The minimum absolute atomic E-state index is 0.172. The molecule has 0 unspecified atom stereocenters. The van der Waals surface area contributed by atoms with Gasteiger partial charge in [0.2, 0.25) is 0 Å². The molecule has 2 nitrogen and oxygen atoms in total. The van der Waals surface area contributed by atoms with Crippen LogP contribution in [-0.4, -0.2) is 22.0 Å². The van der Waals surface area contributed by atoms with Gasteiger partial charge in [0.1, 0.15) is 8.90 Å². The maximum absolute atomic E-state index is 13.5. The number of alkyl halides is 5. The van der Waals surface area contributed by atoms with E-state index in [2.05, 4.69) is 56.3 Å². The molecule has 7 heteroatoms. The molecule has 0 aliphatic heterocycles. The molecule has 0 saturated carbocycles. The molecule has 0 radical (unpaired) electrons. The van der Waals surface area contributed by atoms with Gasteiger partial charge in [0.15, 0.2) is 0 Å². The molecule has 0 amide bonds. The van der Waals surface area contributed by atoms with Crippen LogP contribution in [0.25, 0.3) is 5.57 Å². The third kappa shape index (κ3) is 5.49. The van der Waals surface area contributed by atoms with Crippen LogP contribution < -0.4 is 10.6 Å². The minimum atomic E-state index is -4.40. The Labute approximate surface area is 182 Å². The largest absolute Gasteiger partial charge is 0.417 e. The van der Waals surface area contributed by atoms with Crippen molar-refractivity contribution in [2.75, 3.05) is 13.1 Å². The van der Waals surface area contributed by atoms with Crippen molar-refractivity contribution in [3.8, 4) is 0 Å². The van der Waals surface area contributed by atoms with Crippen LogP contribution >= 0.6 is 31.9 Å². The third-order valence-corrected chi connectivity index (χ3v) is 6.50. The molecule has 0 fully saturated rings. The molecule has 0 heterocycles. The molecule has 1 aliphatic carbocycles. The lowest BCUT2D eigenvalue weighted by atomic mass is 9.90. The molecule has 1 aromatic carbocycles. The van der Waals surface area contributed by atoms with Crippen LogP contribution in [0.3, 0.4) is 0 Å². The Morgan fingerprint density at radius 1 is 0.964 bits per heavy atom. The molecule has 0 bridgehead atoms. The van der Waals surface area contributed by atoms with Crippen LogP contribution in [0.15, 0.2) is 42.5 Å². The zero-order valence-corrected chi connectivity index (χ0v) is 19.3. The van der Waals surface area contributed by atoms with E-state index < -0.39 is 20.6 Å². The summed E-state index contributed by atoms with van der Waals surface area (Å²) in [5, 5.41) is 7.09. The lowest BCUT2D eigenvalue weighted by molar-refractivity contribution is -0.137. The predicted molar refractivity (Wildman–Crippen MR) is 118 cm³/mol. The van der Waals surface area contributed by atoms with Crippen molar-refractivity contribution < 1.29 is 13.2 Å². The van der Waals surface area contributed by atoms with Gasteiger partial charge in [-0.1, -0.05) is 82.8 Å². The Kier molecular flexibility index (Phi) is 8.38. The number of halogens is 5. The lowest BCUT2D eigenvalue weighted by Crippen LogP contribution is -2.65. The van der Waals surface area contributed by atoms with Gasteiger partial charge >= 0.3 is 6.18 Å². The SMILES string of the molecule is CCCCNC1(NCCCC)C=CC(c2ccccc2C(F)(F)F)=CC1(Br)Br. The maximum Gasteiger partial charge on any atom is 0.417 e. The van der Waals surface area contributed by atoms with Crippen LogP contribution in [-0.2, 0) is 6.18 Å². The first-order valence-corrected chi connectivity index (χ1v) is 11.2. The highest BCUT2D eigenvalue weighted by atomic mass is 79.9. The summed E-state index contributed by atoms with van der Waals surface area (Å²) in [5.41, 5.74) is -0.585. The summed E-state index contributed by atoms with van der Waals surface area (Å²) in [5.74, 6) is 0. The molecule has 156 valence electrons. The average molecular weight is 524 g/mol. The summed E-state index contributed by atoms with van der Waals surface area (Å²) >= 11 is 7.43. The second-order valence-electron chi connectivity index (χ2n) is 6.97. The first-order chi connectivity index (χ1) is 13.2. The van der Waals surface area contributed by atoms with E-state index in [0.29, 0.717) is 5.57 Å². The average Bonchev–Trinajstić information content (AvgIpc) is 2.63. The van der Waals surface area contributed by atoms with E-state index in [1.54, 1.807) is 18.2 Å². The van der Waals surface area contributed by atoms with Gasteiger partial charge in [-0.15, -0.1) is 0 Å². The van der Waals surface area contributed by atoms with E-state index >= 15 is 0 Å². The van der Waals surface area contributed by atoms with Crippen molar-refractivity contribution >= 4 is 37.4 Å². The highest BCUT2D eigenvalue weighted by molar-refractivity contribution is 9.25. The van der Waals surface area contributed by atoms with Crippen LogP contribution in [0.4, 0.5) is 13.2 Å². The highest BCUT2D eigenvalue weighted by Gasteiger charge is 2.47. The first-order valence-electron chi connectivity index (χ1n) is 9.63. The van der Waals surface area contributed by atoms with Crippen molar-refractivity contribution in [3.05, 3.63) is 53.6 Å². The summed E-state index contributed by atoms with van der Waals surface area (Å²) in [6, 6.07) is 5.67. The number of rotatable bonds is 9. The number of hydrogen-bond acceptors (Lipinski definition) is 2. The Morgan fingerprint density at radius 3 is 2.04 bits per heavy atom. The molecule has 0 spiro atoms. The Balaban J connectivity index is 2.40. The topological polar surface area (TPSA) is 24.1 Å². The minimum Gasteiger partial charge on any atom is -0.294 e. The Bertz CT molecular complexity index is 702. The summed E-state index contributed by atoms with van der Waals surface area (Å²) < 4.78 is 39.6. The smallest absolute Gasteiger partial charge is 0.294 e. The zero-order valence-electron chi connectivity index (χ0n) is 16.2. The fourth-order valence-electron chi connectivity index (χ4n) is 3.17. The number of nitrogens with one attached hydrogen (secondary N) is 2. The number of hydrogen-bond donors (Lipinski definition) is 2. The van der Waals surface area contributed by atoms with Crippen molar-refractivity contribution in [1.82, 2.24) is 10.6 Å². The van der Waals surface area contributed by atoms with Crippen LogP contribution in [0.1, 0.15) is 50.7 Å². The van der Waals surface area contributed by atoms with E-state index in [0.717, 1.165) is 44.8 Å². The molecule has 0 atom stereocenters. The fraction of sp³-hybridized carbons (Fsp3) is 0.524. The third-order valence-electron chi connectivity index (χ3n) is 4.79. The second-order valence-corrected chi connectivity index (χ2v) is 10.5. The Hall–Kier alpha value is -0.630. The molecule has 0 aromatic heterocycles. The molecule has 1 aromatic rings. The van der Waals surface area contributed by atoms with Gasteiger partial charge < -0.3 is 0 Å². The summed E-state index contributed by atoms with van der Waals surface area (Å²) in [4.78, 5) is 0. The van der Waals surface area contributed by atoms with Crippen molar-refractivity contribution in [3.63, 3.8) is 0 Å². The zero-order chi connectivity index (χ0) is 20.8. The van der Waals surface area contributed by atoms with E-state index in [-0.39, 0.29) is 5.56 Å². The molecule has 2 N–H and O–H groups in total. The van der Waals surface area contributed by atoms with Gasteiger partial charge in [0, 0.05) is 0 Å². The van der Waals surface area contributed by atoms with Gasteiger partial charge in [-0.2, -0.15) is 13.2 Å². The normalized spacial score (nSPS) is 18.2. The monoisotopic (exact) mass is 522 g/mol. The van der Waals surface area contributed by atoms with E-state index in [4.69, 9.17) is 0 Å². The molecular formula is C21H27Br2F3N2. The quantitative estimate of drug-likeness (QED) is 0.216.